The van der Waals surface area contributed by atoms with E-state index >= 15 is 0 Å². The van der Waals surface area contributed by atoms with Crippen molar-refractivity contribution in [1.29, 1.82) is 0 Å². The van der Waals surface area contributed by atoms with Gasteiger partial charge in [0.25, 0.3) is 0 Å². The van der Waals surface area contributed by atoms with Crippen LogP contribution in [0.2, 0.25) is 0 Å². The van der Waals surface area contributed by atoms with Gasteiger partial charge in [-0.2, -0.15) is 0 Å². The molecule has 1 N–H and O–H groups in total. The molecule has 0 fully saturated rings. The van der Waals surface area contributed by atoms with Crippen LogP contribution >= 0.6 is 11.3 Å². The number of aryl methyl sites for hydroxylation is 1. The van der Waals surface area contributed by atoms with Gasteiger partial charge in [-0.25, -0.2) is 4.98 Å². The van der Waals surface area contributed by atoms with Crippen LogP contribution < -0.4 is 10.1 Å². The molecule has 1 heterocycles. The van der Waals surface area contributed by atoms with Crippen molar-refractivity contribution in [2.24, 2.45) is 0 Å². The number of rotatable bonds is 6. The SMILES string of the molecule is COc1ccc(-c2nc(CCC(=O)Nc3ccccc3)cs2)cc1. The number of ether oxygens (including phenoxy) is 1. The van der Waals surface area contributed by atoms with Crippen LogP contribution in [0.15, 0.2) is 60.0 Å². The minimum atomic E-state index is 0.000183. The van der Waals surface area contributed by atoms with Crippen LogP contribution in [0.4, 0.5) is 5.69 Å². The summed E-state index contributed by atoms with van der Waals surface area (Å²) < 4.78 is 5.16. The zero-order chi connectivity index (χ0) is 16.8. The summed E-state index contributed by atoms with van der Waals surface area (Å²) in [4.78, 5) is 16.6. The molecular formula is C19H18N2O2S. The summed E-state index contributed by atoms with van der Waals surface area (Å²) in [5, 5.41) is 5.85. The Morgan fingerprint density at radius 2 is 1.88 bits per heavy atom. The average Bonchev–Trinajstić information content (AvgIpc) is 3.10. The Morgan fingerprint density at radius 3 is 2.58 bits per heavy atom. The number of hydrogen-bond acceptors (Lipinski definition) is 4. The number of anilines is 1. The van der Waals surface area contributed by atoms with Crippen molar-refractivity contribution in [3.8, 4) is 16.3 Å². The zero-order valence-corrected chi connectivity index (χ0v) is 14.2. The molecule has 0 saturated heterocycles. The number of nitrogens with zero attached hydrogens (tertiary/aromatic N) is 1. The van der Waals surface area contributed by atoms with E-state index < -0.39 is 0 Å². The smallest absolute Gasteiger partial charge is 0.224 e. The predicted molar refractivity (Wildman–Crippen MR) is 97.5 cm³/mol. The van der Waals surface area contributed by atoms with Gasteiger partial charge in [-0.1, -0.05) is 18.2 Å². The fraction of sp³-hybridized carbons (Fsp3) is 0.158. The van der Waals surface area contributed by atoms with E-state index in [4.69, 9.17) is 4.74 Å². The molecular weight excluding hydrogens is 320 g/mol. The Kier molecular flexibility index (Phi) is 5.23. The van der Waals surface area contributed by atoms with Crippen LogP contribution in [0, 0.1) is 0 Å². The van der Waals surface area contributed by atoms with Gasteiger partial charge >= 0.3 is 0 Å². The van der Waals surface area contributed by atoms with E-state index in [1.807, 2.05) is 60.0 Å². The molecule has 3 aromatic rings. The van der Waals surface area contributed by atoms with Crippen LogP contribution in [0.1, 0.15) is 12.1 Å². The van der Waals surface area contributed by atoms with Gasteiger partial charge in [0.2, 0.25) is 5.91 Å². The lowest BCUT2D eigenvalue weighted by Gasteiger charge is -2.03. The molecule has 0 aliphatic rings. The minimum Gasteiger partial charge on any atom is -0.497 e. The first-order chi connectivity index (χ1) is 11.7. The molecule has 1 amide bonds. The minimum absolute atomic E-state index is 0.000183. The summed E-state index contributed by atoms with van der Waals surface area (Å²) in [5.74, 6) is 0.827. The summed E-state index contributed by atoms with van der Waals surface area (Å²) in [6, 6.07) is 17.3. The molecule has 0 bridgehead atoms. The number of hydrogen-bond donors (Lipinski definition) is 1. The molecule has 5 heteroatoms. The molecule has 2 aromatic carbocycles. The maximum absolute atomic E-state index is 12.0. The van der Waals surface area contributed by atoms with Gasteiger partial charge in [-0.3, -0.25) is 4.79 Å². The molecule has 0 unspecified atom stereocenters. The van der Waals surface area contributed by atoms with E-state index in [1.54, 1.807) is 18.4 Å². The third-order valence-corrected chi connectivity index (χ3v) is 4.49. The zero-order valence-electron chi connectivity index (χ0n) is 13.4. The maximum atomic E-state index is 12.0. The number of aromatic nitrogens is 1. The lowest BCUT2D eigenvalue weighted by atomic mass is 10.2. The summed E-state index contributed by atoms with van der Waals surface area (Å²) in [7, 11) is 1.65. The highest BCUT2D eigenvalue weighted by atomic mass is 32.1. The second kappa shape index (κ2) is 7.75. The van der Waals surface area contributed by atoms with Gasteiger partial charge in [-0.15, -0.1) is 11.3 Å². The Balaban J connectivity index is 1.56. The van der Waals surface area contributed by atoms with Crippen molar-refractivity contribution in [3.05, 3.63) is 65.7 Å². The van der Waals surface area contributed by atoms with Gasteiger partial charge in [0, 0.05) is 23.1 Å². The Morgan fingerprint density at radius 1 is 1.12 bits per heavy atom. The average molecular weight is 338 g/mol. The second-order valence-corrected chi connectivity index (χ2v) is 6.14. The number of benzene rings is 2. The number of methoxy groups -OCH3 is 1. The van der Waals surface area contributed by atoms with Gasteiger partial charge in [0.05, 0.1) is 12.8 Å². The summed E-state index contributed by atoms with van der Waals surface area (Å²) in [6.45, 7) is 0. The highest BCUT2D eigenvalue weighted by Crippen LogP contribution is 2.26. The highest BCUT2D eigenvalue weighted by Gasteiger charge is 2.08. The standard InChI is InChI=1S/C19H18N2O2S/c1-23-17-10-7-14(8-11-17)19-21-16(13-24-19)9-12-18(22)20-15-5-3-2-4-6-15/h2-8,10-11,13H,9,12H2,1H3,(H,20,22). The van der Waals surface area contributed by atoms with Crippen molar-refractivity contribution < 1.29 is 9.53 Å². The second-order valence-electron chi connectivity index (χ2n) is 5.29. The first-order valence-electron chi connectivity index (χ1n) is 7.68. The van der Waals surface area contributed by atoms with Crippen molar-refractivity contribution in [3.63, 3.8) is 0 Å². The lowest BCUT2D eigenvalue weighted by Crippen LogP contribution is -2.12. The first kappa shape index (κ1) is 16.2. The molecule has 0 spiro atoms. The maximum Gasteiger partial charge on any atom is 0.224 e. The molecule has 0 aliphatic carbocycles. The quantitative estimate of drug-likeness (QED) is 0.725. The van der Waals surface area contributed by atoms with Crippen molar-refractivity contribution >= 4 is 22.9 Å². The predicted octanol–water partition coefficient (Wildman–Crippen LogP) is 4.39. The highest BCUT2D eigenvalue weighted by molar-refractivity contribution is 7.13. The molecule has 122 valence electrons. The molecule has 0 saturated carbocycles. The third kappa shape index (κ3) is 4.20. The van der Waals surface area contributed by atoms with Gasteiger partial charge in [0.1, 0.15) is 10.8 Å². The summed E-state index contributed by atoms with van der Waals surface area (Å²) in [6.07, 6.45) is 1.05. The number of carbonyl (C=O) groups excluding carboxylic acids is 1. The van der Waals surface area contributed by atoms with E-state index in [2.05, 4.69) is 10.3 Å². The fourth-order valence-electron chi connectivity index (χ4n) is 2.27. The fourth-order valence-corrected chi connectivity index (χ4v) is 3.13. The molecule has 4 nitrogen and oxygen atoms in total. The van der Waals surface area contributed by atoms with E-state index in [0.717, 1.165) is 27.7 Å². The van der Waals surface area contributed by atoms with Crippen molar-refractivity contribution in [2.45, 2.75) is 12.8 Å². The van der Waals surface area contributed by atoms with Gasteiger partial charge < -0.3 is 10.1 Å². The largest absolute Gasteiger partial charge is 0.497 e. The van der Waals surface area contributed by atoms with E-state index in [0.29, 0.717) is 12.8 Å². The Bertz CT molecular complexity index is 798. The van der Waals surface area contributed by atoms with Crippen LogP contribution in [0.25, 0.3) is 10.6 Å². The van der Waals surface area contributed by atoms with E-state index in [1.165, 1.54) is 0 Å². The van der Waals surface area contributed by atoms with Gasteiger partial charge in [-0.05, 0) is 42.8 Å². The van der Waals surface area contributed by atoms with Crippen LogP contribution in [-0.2, 0) is 11.2 Å². The molecule has 0 aliphatic heterocycles. The summed E-state index contributed by atoms with van der Waals surface area (Å²) in [5.41, 5.74) is 2.81. The number of thiazole rings is 1. The number of para-hydroxylation sites is 1. The van der Waals surface area contributed by atoms with Crippen LogP contribution in [0.3, 0.4) is 0 Å². The molecule has 1 aromatic heterocycles. The topological polar surface area (TPSA) is 51.2 Å². The number of nitrogens with one attached hydrogen (secondary N) is 1. The van der Waals surface area contributed by atoms with Crippen molar-refractivity contribution in [1.82, 2.24) is 4.98 Å². The number of amides is 1. The molecule has 3 rings (SSSR count). The van der Waals surface area contributed by atoms with Crippen LogP contribution in [0.5, 0.6) is 5.75 Å². The number of carbonyl (C=O) groups is 1. The molecule has 24 heavy (non-hydrogen) atoms. The van der Waals surface area contributed by atoms with Crippen molar-refractivity contribution in [2.75, 3.05) is 12.4 Å². The molecule has 0 radical (unpaired) electrons. The Labute approximate surface area is 145 Å². The monoisotopic (exact) mass is 338 g/mol. The van der Waals surface area contributed by atoms with Crippen LogP contribution in [-0.4, -0.2) is 18.0 Å². The summed E-state index contributed by atoms with van der Waals surface area (Å²) >= 11 is 1.59. The molecule has 0 atom stereocenters. The van der Waals surface area contributed by atoms with E-state index in [9.17, 15) is 4.79 Å². The third-order valence-electron chi connectivity index (χ3n) is 3.55. The Hall–Kier alpha value is -2.66. The lowest BCUT2D eigenvalue weighted by molar-refractivity contribution is -0.116. The van der Waals surface area contributed by atoms with E-state index in [-0.39, 0.29) is 5.91 Å². The van der Waals surface area contributed by atoms with Gasteiger partial charge in [0.15, 0.2) is 0 Å². The normalized spacial score (nSPS) is 10.4. The first-order valence-corrected chi connectivity index (χ1v) is 8.56.